The molecule has 0 aromatic heterocycles. The number of ether oxygens (including phenoxy) is 1. The van der Waals surface area contributed by atoms with Gasteiger partial charge in [0, 0.05) is 17.5 Å². The SMILES string of the molecule is O=C(NCC1(C2(O)CCC2)CC1)c1cccc(OCC(F)(F)F)c1. The second-order valence-electron chi connectivity index (χ2n) is 6.78. The van der Waals surface area contributed by atoms with Gasteiger partial charge in [-0.05, 0) is 50.3 Å². The topological polar surface area (TPSA) is 58.6 Å². The summed E-state index contributed by atoms with van der Waals surface area (Å²) in [5, 5.41) is 13.3. The number of hydrogen-bond donors (Lipinski definition) is 2. The van der Waals surface area contributed by atoms with E-state index in [-0.39, 0.29) is 22.6 Å². The van der Waals surface area contributed by atoms with Crippen molar-refractivity contribution in [3.05, 3.63) is 29.8 Å². The fraction of sp³-hybridized carbons (Fsp3) is 0.588. The smallest absolute Gasteiger partial charge is 0.422 e. The fourth-order valence-corrected chi connectivity index (χ4v) is 3.24. The predicted molar refractivity (Wildman–Crippen MR) is 80.8 cm³/mol. The largest absolute Gasteiger partial charge is 0.484 e. The Hall–Kier alpha value is -1.76. The molecule has 0 atom stereocenters. The molecule has 2 aliphatic rings. The summed E-state index contributed by atoms with van der Waals surface area (Å²) in [5.41, 5.74) is -0.658. The molecule has 1 amide bonds. The van der Waals surface area contributed by atoms with Crippen molar-refractivity contribution in [2.75, 3.05) is 13.2 Å². The van der Waals surface area contributed by atoms with Gasteiger partial charge in [0.25, 0.3) is 5.91 Å². The molecule has 1 aromatic carbocycles. The molecule has 1 aromatic rings. The minimum Gasteiger partial charge on any atom is -0.484 e. The lowest BCUT2D eigenvalue weighted by molar-refractivity contribution is -0.153. The number of carbonyl (C=O) groups excluding carboxylic acids is 1. The Balaban J connectivity index is 1.57. The van der Waals surface area contributed by atoms with Gasteiger partial charge in [-0.2, -0.15) is 13.2 Å². The van der Waals surface area contributed by atoms with Gasteiger partial charge in [-0.25, -0.2) is 0 Å². The van der Waals surface area contributed by atoms with Crippen LogP contribution in [0.2, 0.25) is 0 Å². The molecule has 0 bridgehead atoms. The normalized spacial score (nSPS) is 20.8. The summed E-state index contributed by atoms with van der Waals surface area (Å²) in [6.45, 7) is -1.01. The van der Waals surface area contributed by atoms with Crippen molar-refractivity contribution in [3.8, 4) is 5.75 Å². The zero-order valence-electron chi connectivity index (χ0n) is 13.2. The summed E-state index contributed by atoms with van der Waals surface area (Å²) in [4.78, 5) is 12.2. The molecule has 132 valence electrons. The first kappa shape index (κ1) is 17.1. The highest BCUT2D eigenvalue weighted by molar-refractivity contribution is 5.94. The quantitative estimate of drug-likeness (QED) is 0.835. The Kier molecular flexibility index (Phi) is 4.23. The molecule has 2 aliphatic carbocycles. The molecule has 0 unspecified atom stereocenters. The minimum atomic E-state index is -4.42. The molecular weight excluding hydrogens is 323 g/mol. The van der Waals surface area contributed by atoms with Crippen molar-refractivity contribution in [3.63, 3.8) is 0 Å². The Morgan fingerprint density at radius 2 is 1.96 bits per heavy atom. The lowest BCUT2D eigenvalue weighted by Gasteiger charge is -2.44. The van der Waals surface area contributed by atoms with Gasteiger partial charge in [-0.15, -0.1) is 0 Å². The maximum absolute atomic E-state index is 12.2. The number of halogens is 3. The van der Waals surface area contributed by atoms with Crippen LogP contribution in [0.5, 0.6) is 5.75 Å². The van der Waals surface area contributed by atoms with Gasteiger partial charge in [0.15, 0.2) is 6.61 Å². The number of nitrogens with one attached hydrogen (secondary N) is 1. The van der Waals surface area contributed by atoms with Crippen LogP contribution in [0.15, 0.2) is 24.3 Å². The van der Waals surface area contributed by atoms with E-state index in [9.17, 15) is 23.1 Å². The van der Waals surface area contributed by atoms with Crippen LogP contribution >= 0.6 is 0 Å². The maximum Gasteiger partial charge on any atom is 0.422 e. The highest BCUT2D eigenvalue weighted by atomic mass is 19.4. The van der Waals surface area contributed by atoms with Crippen molar-refractivity contribution in [1.82, 2.24) is 5.32 Å². The van der Waals surface area contributed by atoms with Gasteiger partial charge in [-0.1, -0.05) is 6.07 Å². The van der Waals surface area contributed by atoms with E-state index in [4.69, 9.17) is 0 Å². The standard InChI is InChI=1S/C17H20F3NO3/c18-17(19,20)11-24-13-4-1-3-12(9-13)14(22)21-10-15(7-8-15)16(23)5-2-6-16/h1,3-4,9,23H,2,5-8,10-11H2,(H,21,22). The van der Waals surface area contributed by atoms with Gasteiger partial charge in [-0.3, -0.25) is 4.79 Å². The average molecular weight is 343 g/mol. The second-order valence-corrected chi connectivity index (χ2v) is 6.78. The number of hydrogen-bond acceptors (Lipinski definition) is 3. The maximum atomic E-state index is 12.2. The van der Waals surface area contributed by atoms with Gasteiger partial charge >= 0.3 is 6.18 Å². The highest BCUT2D eigenvalue weighted by Gasteiger charge is 2.60. The number of rotatable bonds is 6. The summed E-state index contributed by atoms with van der Waals surface area (Å²) in [5.74, 6) is -0.375. The lowest BCUT2D eigenvalue weighted by atomic mass is 9.69. The van der Waals surface area contributed by atoms with E-state index < -0.39 is 18.4 Å². The number of alkyl halides is 3. The summed E-state index contributed by atoms with van der Waals surface area (Å²) in [6.07, 6.45) is -0.107. The predicted octanol–water partition coefficient (Wildman–Crippen LogP) is 3.05. The van der Waals surface area contributed by atoms with Gasteiger partial charge in [0.2, 0.25) is 0 Å². The zero-order chi connectivity index (χ0) is 17.4. The number of aliphatic hydroxyl groups is 1. The van der Waals surface area contributed by atoms with Crippen molar-refractivity contribution >= 4 is 5.91 Å². The van der Waals surface area contributed by atoms with E-state index in [0.717, 1.165) is 32.1 Å². The molecule has 2 fully saturated rings. The third-order valence-electron chi connectivity index (χ3n) is 5.11. The van der Waals surface area contributed by atoms with Crippen molar-refractivity contribution in [2.45, 2.75) is 43.9 Å². The number of carbonyl (C=O) groups is 1. The van der Waals surface area contributed by atoms with Crippen molar-refractivity contribution in [1.29, 1.82) is 0 Å². The molecule has 2 saturated carbocycles. The monoisotopic (exact) mass is 343 g/mol. The summed E-state index contributed by atoms with van der Waals surface area (Å²) >= 11 is 0. The Morgan fingerprint density at radius 1 is 1.25 bits per heavy atom. The van der Waals surface area contributed by atoms with E-state index in [0.29, 0.717) is 6.54 Å². The average Bonchev–Trinajstić information content (AvgIpc) is 3.29. The van der Waals surface area contributed by atoms with Crippen LogP contribution in [-0.4, -0.2) is 35.9 Å². The third kappa shape index (κ3) is 3.50. The van der Waals surface area contributed by atoms with Crippen LogP contribution in [0.25, 0.3) is 0 Å². The fourth-order valence-electron chi connectivity index (χ4n) is 3.24. The van der Waals surface area contributed by atoms with Gasteiger partial charge in [0.05, 0.1) is 5.60 Å². The molecule has 2 N–H and O–H groups in total. The summed E-state index contributed by atoms with van der Waals surface area (Å²) in [7, 11) is 0. The van der Waals surface area contributed by atoms with E-state index in [1.165, 1.54) is 24.3 Å². The lowest BCUT2D eigenvalue weighted by Crippen LogP contribution is -2.50. The summed E-state index contributed by atoms with van der Waals surface area (Å²) < 4.78 is 41.2. The molecule has 0 saturated heterocycles. The molecule has 7 heteroatoms. The summed E-state index contributed by atoms with van der Waals surface area (Å²) in [6, 6.07) is 5.67. The van der Waals surface area contributed by atoms with Crippen LogP contribution in [-0.2, 0) is 0 Å². The van der Waals surface area contributed by atoms with Crippen LogP contribution in [0, 0.1) is 5.41 Å². The Bertz CT molecular complexity index is 622. The molecule has 0 aliphatic heterocycles. The first-order valence-electron chi connectivity index (χ1n) is 8.03. The van der Waals surface area contributed by atoms with E-state index in [1.807, 2.05) is 0 Å². The molecule has 4 nitrogen and oxygen atoms in total. The first-order valence-corrected chi connectivity index (χ1v) is 8.03. The Labute approximate surface area is 138 Å². The molecular formula is C17H20F3NO3. The van der Waals surface area contributed by atoms with Gasteiger partial charge < -0.3 is 15.2 Å². The van der Waals surface area contributed by atoms with E-state index in [2.05, 4.69) is 10.1 Å². The van der Waals surface area contributed by atoms with Crippen LogP contribution in [0.3, 0.4) is 0 Å². The first-order chi connectivity index (χ1) is 11.2. The molecule has 0 heterocycles. The van der Waals surface area contributed by atoms with E-state index >= 15 is 0 Å². The number of amides is 1. The minimum absolute atomic E-state index is 0.00117. The van der Waals surface area contributed by atoms with Gasteiger partial charge in [0.1, 0.15) is 5.75 Å². The molecule has 3 rings (SSSR count). The van der Waals surface area contributed by atoms with E-state index in [1.54, 1.807) is 0 Å². The molecule has 24 heavy (non-hydrogen) atoms. The molecule has 0 spiro atoms. The van der Waals surface area contributed by atoms with Crippen LogP contribution < -0.4 is 10.1 Å². The number of benzene rings is 1. The van der Waals surface area contributed by atoms with Crippen molar-refractivity contribution in [2.24, 2.45) is 5.41 Å². The Morgan fingerprint density at radius 3 is 2.50 bits per heavy atom. The second kappa shape index (κ2) is 5.95. The van der Waals surface area contributed by atoms with Crippen LogP contribution in [0.1, 0.15) is 42.5 Å². The third-order valence-corrected chi connectivity index (χ3v) is 5.11. The zero-order valence-corrected chi connectivity index (χ0v) is 13.2. The molecule has 0 radical (unpaired) electrons. The van der Waals surface area contributed by atoms with Crippen LogP contribution in [0.4, 0.5) is 13.2 Å². The highest BCUT2D eigenvalue weighted by Crippen LogP contribution is 2.60. The van der Waals surface area contributed by atoms with Crippen molar-refractivity contribution < 1.29 is 27.8 Å².